The van der Waals surface area contributed by atoms with Gasteiger partial charge in [0.15, 0.2) is 0 Å². The molecule has 0 aromatic carbocycles. The lowest BCUT2D eigenvalue weighted by atomic mass is 9.93. The minimum Gasteiger partial charge on any atom is -0.0911 e. The smallest absolute Gasteiger partial charge is 0.00478 e. The summed E-state index contributed by atoms with van der Waals surface area (Å²) in [5, 5.41) is 0. The Balaban J connectivity index is 2.56. The predicted molar refractivity (Wildman–Crippen MR) is 59.7 cm³/mol. The van der Waals surface area contributed by atoms with Crippen molar-refractivity contribution in [3.63, 3.8) is 0 Å². The zero-order valence-corrected chi connectivity index (χ0v) is 9.22. The third-order valence-corrected chi connectivity index (χ3v) is 3.14. The molecule has 74 valence electrons. The molecule has 0 amide bonds. The van der Waals surface area contributed by atoms with Gasteiger partial charge in [0, 0.05) is 0 Å². The van der Waals surface area contributed by atoms with Crippen LogP contribution < -0.4 is 0 Å². The quantitative estimate of drug-likeness (QED) is 0.562. The fraction of sp³-hybridized carbons (Fsp3) is 0.692. The highest BCUT2D eigenvalue weighted by molar-refractivity contribution is 5.18. The maximum Gasteiger partial charge on any atom is -0.00478 e. The molecule has 0 heterocycles. The van der Waals surface area contributed by atoms with E-state index in [4.69, 9.17) is 0 Å². The van der Waals surface area contributed by atoms with Crippen molar-refractivity contribution in [1.29, 1.82) is 0 Å². The van der Waals surface area contributed by atoms with Crippen LogP contribution in [0.3, 0.4) is 0 Å². The van der Waals surface area contributed by atoms with Crippen LogP contribution >= 0.6 is 0 Å². The Morgan fingerprint density at radius 2 is 2.15 bits per heavy atom. The molecular weight excluding hydrogens is 156 g/mol. The van der Waals surface area contributed by atoms with E-state index in [0.717, 1.165) is 11.8 Å². The largest absolute Gasteiger partial charge is 0.0911 e. The van der Waals surface area contributed by atoms with Crippen LogP contribution in [0.15, 0.2) is 23.8 Å². The zero-order valence-electron chi connectivity index (χ0n) is 9.22. The van der Waals surface area contributed by atoms with E-state index in [1.807, 2.05) is 0 Å². The molecule has 1 atom stereocenters. The maximum absolute atomic E-state index is 2.50. The molecule has 1 rings (SSSR count). The van der Waals surface area contributed by atoms with Gasteiger partial charge in [-0.3, -0.25) is 0 Å². The van der Waals surface area contributed by atoms with Crippen molar-refractivity contribution in [1.82, 2.24) is 0 Å². The lowest BCUT2D eigenvalue weighted by Gasteiger charge is -2.12. The van der Waals surface area contributed by atoms with Gasteiger partial charge in [0.1, 0.15) is 0 Å². The summed E-state index contributed by atoms with van der Waals surface area (Å²) in [7, 11) is 0. The third kappa shape index (κ3) is 2.72. The molecule has 0 saturated heterocycles. The molecule has 0 fully saturated rings. The first-order chi connectivity index (χ1) is 6.31. The molecule has 0 N–H and O–H groups in total. The van der Waals surface area contributed by atoms with E-state index in [1.54, 1.807) is 5.57 Å². The monoisotopic (exact) mass is 178 g/mol. The zero-order chi connectivity index (χ0) is 9.68. The molecule has 1 aliphatic rings. The summed E-state index contributed by atoms with van der Waals surface area (Å²) in [4.78, 5) is 0. The highest BCUT2D eigenvalue weighted by Crippen LogP contribution is 2.33. The second-order valence-electron chi connectivity index (χ2n) is 3.98. The van der Waals surface area contributed by atoms with Crippen LogP contribution in [-0.4, -0.2) is 0 Å². The first-order valence-corrected chi connectivity index (χ1v) is 5.65. The summed E-state index contributed by atoms with van der Waals surface area (Å²) < 4.78 is 0. The molecular formula is C13H22. The Labute approximate surface area is 82.7 Å². The van der Waals surface area contributed by atoms with Crippen LogP contribution in [0.25, 0.3) is 0 Å². The number of hydrogen-bond donors (Lipinski definition) is 0. The van der Waals surface area contributed by atoms with Gasteiger partial charge >= 0.3 is 0 Å². The summed E-state index contributed by atoms with van der Waals surface area (Å²) in [6.45, 7) is 6.72. The van der Waals surface area contributed by atoms with Gasteiger partial charge < -0.3 is 0 Å². The summed E-state index contributed by atoms with van der Waals surface area (Å²) in [6, 6.07) is 0. The average molecular weight is 178 g/mol. The van der Waals surface area contributed by atoms with Crippen molar-refractivity contribution < 1.29 is 0 Å². The lowest BCUT2D eigenvalue weighted by Crippen LogP contribution is -1.98. The summed E-state index contributed by atoms with van der Waals surface area (Å²) in [6.07, 6.45) is 12.3. The van der Waals surface area contributed by atoms with Crippen LogP contribution in [0, 0.1) is 11.8 Å². The van der Waals surface area contributed by atoms with Crippen LogP contribution in [-0.2, 0) is 0 Å². The first kappa shape index (κ1) is 10.6. The van der Waals surface area contributed by atoms with E-state index in [9.17, 15) is 0 Å². The van der Waals surface area contributed by atoms with Crippen LogP contribution in [0.4, 0.5) is 0 Å². The Bertz CT molecular complexity index is 194. The lowest BCUT2D eigenvalue weighted by molar-refractivity contribution is 0.556. The standard InChI is InChI=1S/C13H22/c1-4-7-11-8-9-13(10-11)12(5-2)6-3/h4,7,10-12H,5-6,8-9H2,1-3H3/b7-4-. The molecule has 0 heteroatoms. The minimum absolute atomic E-state index is 0.737. The third-order valence-electron chi connectivity index (χ3n) is 3.14. The topological polar surface area (TPSA) is 0 Å². The van der Waals surface area contributed by atoms with Gasteiger partial charge in [-0.15, -0.1) is 0 Å². The molecule has 1 aliphatic carbocycles. The minimum atomic E-state index is 0.737. The SMILES string of the molecule is C/C=C\C1C=C(C(CC)CC)CC1. The summed E-state index contributed by atoms with van der Waals surface area (Å²) >= 11 is 0. The van der Waals surface area contributed by atoms with Crippen LogP contribution in [0.1, 0.15) is 46.5 Å². The molecule has 0 saturated carbocycles. The Morgan fingerprint density at radius 3 is 2.69 bits per heavy atom. The number of allylic oxidation sites excluding steroid dienone is 4. The molecule has 0 radical (unpaired) electrons. The van der Waals surface area contributed by atoms with Crippen molar-refractivity contribution in [3.05, 3.63) is 23.8 Å². The van der Waals surface area contributed by atoms with Crippen molar-refractivity contribution in [2.45, 2.75) is 46.5 Å². The van der Waals surface area contributed by atoms with Gasteiger partial charge in [-0.2, -0.15) is 0 Å². The second kappa shape index (κ2) is 5.26. The van der Waals surface area contributed by atoms with Crippen molar-refractivity contribution in [2.24, 2.45) is 11.8 Å². The van der Waals surface area contributed by atoms with Crippen molar-refractivity contribution >= 4 is 0 Å². The highest BCUT2D eigenvalue weighted by atomic mass is 14.2. The van der Waals surface area contributed by atoms with Crippen LogP contribution in [0.5, 0.6) is 0 Å². The number of rotatable bonds is 4. The van der Waals surface area contributed by atoms with E-state index >= 15 is 0 Å². The Kier molecular flexibility index (Phi) is 4.27. The molecule has 13 heavy (non-hydrogen) atoms. The normalized spacial score (nSPS) is 23.1. The van der Waals surface area contributed by atoms with E-state index in [2.05, 4.69) is 39.0 Å². The molecule has 0 aliphatic heterocycles. The van der Waals surface area contributed by atoms with Gasteiger partial charge in [-0.25, -0.2) is 0 Å². The van der Waals surface area contributed by atoms with Gasteiger partial charge in [-0.1, -0.05) is 37.6 Å². The fourth-order valence-corrected chi connectivity index (χ4v) is 2.33. The average Bonchev–Trinajstić information content (AvgIpc) is 2.56. The van der Waals surface area contributed by atoms with E-state index in [-0.39, 0.29) is 0 Å². The van der Waals surface area contributed by atoms with Crippen LogP contribution in [0.2, 0.25) is 0 Å². The maximum atomic E-state index is 2.50. The van der Waals surface area contributed by atoms with Crippen molar-refractivity contribution in [2.75, 3.05) is 0 Å². The first-order valence-electron chi connectivity index (χ1n) is 5.65. The second-order valence-corrected chi connectivity index (χ2v) is 3.98. The van der Waals surface area contributed by atoms with E-state index < -0.39 is 0 Å². The Morgan fingerprint density at radius 1 is 1.46 bits per heavy atom. The van der Waals surface area contributed by atoms with Gasteiger partial charge in [0.05, 0.1) is 0 Å². The molecule has 0 nitrogen and oxygen atoms in total. The Hall–Kier alpha value is -0.520. The molecule has 0 spiro atoms. The van der Waals surface area contributed by atoms with Gasteiger partial charge in [-0.05, 0) is 44.4 Å². The van der Waals surface area contributed by atoms with E-state index in [0.29, 0.717) is 0 Å². The molecule has 0 aromatic heterocycles. The molecule has 1 unspecified atom stereocenters. The van der Waals surface area contributed by atoms with Gasteiger partial charge in [0.2, 0.25) is 0 Å². The fourth-order valence-electron chi connectivity index (χ4n) is 2.33. The van der Waals surface area contributed by atoms with Gasteiger partial charge in [0.25, 0.3) is 0 Å². The predicted octanol–water partition coefficient (Wildman–Crippen LogP) is 4.34. The highest BCUT2D eigenvalue weighted by Gasteiger charge is 2.18. The van der Waals surface area contributed by atoms with E-state index in [1.165, 1.54) is 25.7 Å². The summed E-state index contributed by atoms with van der Waals surface area (Å²) in [5.41, 5.74) is 1.72. The molecule has 0 aromatic rings. The summed E-state index contributed by atoms with van der Waals surface area (Å²) in [5.74, 6) is 1.59. The molecule has 0 bridgehead atoms. The number of hydrogen-bond acceptors (Lipinski definition) is 0. The van der Waals surface area contributed by atoms with Crippen molar-refractivity contribution in [3.8, 4) is 0 Å².